The van der Waals surface area contributed by atoms with Crippen molar-refractivity contribution in [3.63, 3.8) is 0 Å². The third-order valence-corrected chi connectivity index (χ3v) is 8.05. The van der Waals surface area contributed by atoms with Gasteiger partial charge in [0, 0.05) is 11.5 Å². The fourth-order valence-electron chi connectivity index (χ4n) is 5.61. The molecule has 1 unspecified atom stereocenters. The Morgan fingerprint density at radius 2 is 1.50 bits per heavy atom. The molecule has 0 spiro atoms. The molecule has 2 fully saturated rings. The molecular formula is C30H48F2O6. The van der Waals surface area contributed by atoms with Gasteiger partial charge >= 0.3 is 18.0 Å². The molecule has 38 heavy (non-hydrogen) atoms. The van der Waals surface area contributed by atoms with Gasteiger partial charge < -0.3 is 19.3 Å². The van der Waals surface area contributed by atoms with Gasteiger partial charge in [-0.3, -0.25) is 0 Å². The predicted molar refractivity (Wildman–Crippen MR) is 142 cm³/mol. The number of aliphatic hydroxyl groups is 1. The van der Waals surface area contributed by atoms with Gasteiger partial charge in [-0.05, 0) is 76.5 Å². The number of aliphatic hydroxyl groups excluding tert-OH is 1. The number of carbonyl (C=O) groups excluding carboxylic acids is 2. The smallest absolute Gasteiger partial charge is 0.358 e. The topological polar surface area (TPSA) is 82.1 Å². The zero-order valence-corrected chi connectivity index (χ0v) is 23.4. The van der Waals surface area contributed by atoms with Gasteiger partial charge in [-0.2, -0.15) is 8.78 Å². The minimum absolute atomic E-state index is 0.0109. The van der Waals surface area contributed by atoms with Gasteiger partial charge in [0.05, 0.1) is 37.4 Å². The van der Waals surface area contributed by atoms with Crippen LogP contribution >= 0.6 is 0 Å². The Balaban J connectivity index is 1.80. The Morgan fingerprint density at radius 3 is 2.05 bits per heavy atom. The molecule has 0 aromatic carbocycles. The minimum Gasteiger partial charge on any atom is -0.462 e. The van der Waals surface area contributed by atoms with Gasteiger partial charge in [0.1, 0.15) is 0 Å². The first kappa shape index (κ1) is 32.4. The summed E-state index contributed by atoms with van der Waals surface area (Å²) in [4.78, 5) is 23.8. The van der Waals surface area contributed by atoms with Crippen molar-refractivity contribution in [1.82, 2.24) is 0 Å². The van der Waals surface area contributed by atoms with Crippen LogP contribution in [0.1, 0.15) is 97.3 Å². The number of halogens is 2. The van der Waals surface area contributed by atoms with E-state index >= 15 is 0 Å². The van der Waals surface area contributed by atoms with Crippen LogP contribution < -0.4 is 0 Å². The molecular weight excluding hydrogens is 494 g/mol. The van der Waals surface area contributed by atoms with Crippen molar-refractivity contribution in [2.75, 3.05) is 19.8 Å². The summed E-state index contributed by atoms with van der Waals surface area (Å²) >= 11 is 0. The van der Waals surface area contributed by atoms with Crippen molar-refractivity contribution < 1.29 is 37.7 Å². The molecule has 8 heteroatoms. The first-order chi connectivity index (χ1) is 18.1. The second kappa shape index (κ2) is 16.3. The predicted octanol–water partition coefficient (Wildman–Crippen LogP) is 6.76. The second-order valence-electron chi connectivity index (χ2n) is 11.4. The third kappa shape index (κ3) is 11.1. The lowest BCUT2D eigenvalue weighted by Gasteiger charge is -2.37. The van der Waals surface area contributed by atoms with Crippen molar-refractivity contribution in [3.8, 4) is 0 Å². The highest BCUT2D eigenvalue weighted by Crippen LogP contribution is 2.43. The Labute approximate surface area is 227 Å². The molecule has 0 aliphatic heterocycles. The van der Waals surface area contributed by atoms with Gasteiger partial charge in [-0.15, -0.1) is 0 Å². The van der Waals surface area contributed by atoms with E-state index in [-0.39, 0.29) is 36.2 Å². The molecule has 2 aliphatic carbocycles. The maximum absolute atomic E-state index is 15.0. The van der Waals surface area contributed by atoms with Crippen LogP contribution in [-0.4, -0.2) is 49.1 Å². The molecule has 0 radical (unpaired) electrons. The van der Waals surface area contributed by atoms with Crippen molar-refractivity contribution in [2.24, 2.45) is 23.7 Å². The van der Waals surface area contributed by atoms with Crippen LogP contribution in [0.15, 0.2) is 24.3 Å². The van der Waals surface area contributed by atoms with E-state index in [0.29, 0.717) is 50.9 Å². The lowest BCUT2D eigenvalue weighted by molar-refractivity contribution is -0.302. The number of ether oxygens (including phenoxy) is 3. The summed E-state index contributed by atoms with van der Waals surface area (Å²) in [5.74, 6) is -1.38. The van der Waals surface area contributed by atoms with Gasteiger partial charge in [-0.1, -0.05) is 45.8 Å². The van der Waals surface area contributed by atoms with Gasteiger partial charge in [0.25, 0.3) is 0 Å². The zero-order chi connectivity index (χ0) is 28.1. The summed E-state index contributed by atoms with van der Waals surface area (Å²) in [6.07, 6.45) is 7.14. The fourth-order valence-corrected chi connectivity index (χ4v) is 5.61. The molecule has 0 aromatic rings. The van der Waals surface area contributed by atoms with Gasteiger partial charge in [0.15, 0.2) is 0 Å². The Kier molecular flexibility index (Phi) is 13.9. The molecule has 1 atom stereocenters. The van der Waals surface area contributed by atoms with Crippen LogP contribution in [0.25, 0.3) is 0 Å². The number of hydrogen-bond donors (Lipinski definition) is 1. The molecule has 1 N–H and O–H groups in total. The molecule has 218 valence electrons. The first-order valence-corrected chi connectivity index (χ1v) is 14.4. The monoisotopic (exact) mass is 542 g/mol. The molecule has 0 amide bonds. The Hall–Kier alpha value is -1.80. The van der Waals surface area contributed by atoms with Gasteiger partial charge in [-0.25, -0.2) is 9.59 Å². The molecule has 0 heterocycles. The molecule has 0 bridgehead atoms. The SMILES string of the molecule is C=C(C)C(=O)OCC(COC(=O)C(=C)CO)CC1CCC(OC(F)(F)C2CCC(CCCCC)CC2)CC1. The van der Waals surface area contributed by atoms with E-state index in [4.69, 9.17) is 19.3 Å². The van der Waals surface area contributed by atoms with E-state index in [1.165, 1.54) is 19.3 Å². The van der Waals surface area contributed by atoms with E-state index in [1.54, 1.807) is 6.92 Å². The summed E-state index contributed by atoms with van der Waals surface area (Å²) in [5, 5.41) is 9.06. The van der Waals surface area contributed by atoms with E-state index in [2.05, 4.69) is 20.1 Å². The fraction of sp³-hybridized carbons (Fsp3) is 0.800. The van der Waals surface area contributed by atoms with Crippen LogP contribution in [0.2, 0.25) is 0 Å². The Morgan fingerprint density at radius 1 is 0.921 bits per heavy atom. The highest BCUT2D eigenvalue weighted by atomic mass is 19.3. The largest absolute Gasteiger partial charge is 0.462 e. The van der Waals surface area contributed by atoms with Crippen LogP contribution in [-0.2, 0) is 23.8 Å². The van der Waals surface area contributed by atoms with Crippen molar-refractivity contribution in [1.29, 1.82) is 0 Å². The highest BCUT2D eigenvalue weighted by Gasteiger charge is 2.44. The standard InChI is InChI=1S/C30H48F2O6/c1-5-6-7-8-23-9-13-26(14-10-23)30(31,32)38-27-15-11-24(12-16-27)17-25(19-36-28(34)21(2)3)20-37-29(35)22(4)18-33/h23-27,33H,2,4-20H2,1,3H3. The number of rotatable bonds is 16. The van der Waals surface area contributed by atoms with Gasteiger partial charge in [0.2, 0.25) is 0 Å². The molecule has 6 nitrogen and oxygen atoms in total. The lowest BCUT2D eigenvalue weighted by Crippen LogP contribution is -2.39. The molecule has 2 rings (SSSR count). The van der Waals surface area contributed by atoms with Crippen LogP contribution in [0.5, 0.6) is 0 Å². The molecule has 2 aliphatic rings. The number of hydrogen-bond acceptors (Lipinski definition) is 6. The quantitative estimate of drug-likeness (QED) is 0.132. The molecule has 0 aromatic heterocycles. The van der Waals surface area contributed by atoms with Crippen LogP contribution in [0.4, 0.5) is 8.78 Å². The first-order valence-electron chi connectivity index (χ1n) is 14.4. The average Bonchev–Trinajstić information content (AvgIpc) is 2.90. The maximum Gasteiger partial charge on any atom is 0.358 e. The zero-order valence-electron chi connectivity index (χ0n) is 23.4. The summed E-state index contributed by atoms with van der Waals surface area (Å²) in [6, 6.07) is 0. The molecule has 2 saturated carbocycles. The molecule has 0 saturated heterocycles. The van der Waals surface area contributed by atoms with Crippen LogP contribution in [0, 0.1) is 23.7 Å². The van der Waals surface area contributed by atoms with Crippen LogP contribution in [0.3, 0.4) is 0 Å². The van der Waals surface area contributed by atoms with E-state index in [9.17, 15) is 18.4 Å². The van der Waals surface area contributed by atoms with Crippen molar-refractivity contribution in [3.05, 3.63) is 24.3 Å². The number of carbonyl (C=O) groups is 2. The Bertz CT molecular complexity index is 767. The van der Waals surface area contributed by atoms with Crippen molar-refractivity contribution in [2.45, 2.75) is 110 Å². The lowest BCUT2D eigenvalue weighted by atomic mass is 9.79. The van der Waals surface area contributed by atoms with E-state index in [0.717, 1.165) is 19.3 Å². The summed E-state index contributed by atoms with van der Waals surface area (Å²) < 4.78 is 45.9. The number of esters is 2. The summed E-state index contributed by atoms with van der Waals surface area (Å²) in [7, 11) is 0. The minimum atomic E-state index is -3.09. The number of unbranched alkanes of at least 4 members (excludes halogenated alkanes) is 2. The van der Waals surface area contributed by atoms with E-state index in [1.807, 2.05) is 0 Å². The summed E-state index contributed by atoms with van der Waals surface area (Å²) in [5.41, 5.74) is 0.226. The van der Waals surface area contributed by atoms with Crippen molar-refractivity contribution >= 4 is 11.9 Å². The highest BCUT2D eigenvalue weighted by molar-refractivity contribution is 5.88. The second-order valence-corrected chi connectivity index (χ2v) is 11.4. The third-order valence-electron chi connectivity index (χ3n) is 8.05. The normalized spacial score (nSPS) is 24.9. The van der Waals surface area contributed by atoms with E-state index < -0.39 is 36.7 Å². The maximum atomic E-state index is 15.0. The number of alkyl halides is 2. The summed E-state index contributed by atoms with van der Waals surface area (Å²) in [6.45, 7) is 10.3. The average molecular weight is 543 g/mol.